The number of fused-ring (bicyclic) bond motifs is 1. The lowest BCUT2D eigenvalue weighted by molar-refractivity contribution is 0.357. The highest BCUT2D eigenvalue weighted by Crippen LogP contribution is 2.25. The summed E-state index contributed by atoms with van der Waals surface area (Å²) in [5.41, 5.74) is 8.62. The van der Waals surface area contributed by atoms with Crippen molar-refractivity contribution in [1.82, 2.24) is 5.32 Å². The molecule has 2 aliphatic rings. The normalized spacial score (nSPS) is 18.3. The zero-order valence-corrected chi connectivity index (χ0v) is 15.3. The van der Waals surface area contributed by atoms with Crippen LogP contribution in [-0.4, -0.2) is 25.2 Å². The molecule has 3 N–H and O–H groups in total. The number of aliphatic imine (C=N–C) groups is 1. The summed E-state index contributed by atoms with van der Waals surface area (Å²) >= 11 is 0. The van der Waals surface area contributed by atoms with Gasteiger partial charge in [0, 0.05) is 19.0 Å². The van der Waals surface area contributed by atoms with Gasteiger partial charge in [0.25, 0.3) is 0 Å². The Hall–Kier alpha value is -0.980. The highest BCUT2D eigenvalue weighted by molar-refractivity contribution is 14.0. The Labute approximate surface area is 149 Å². The predicted molar refractivity (Wildman–Crippen MR) is 101 cm³/mol. The van der Waals surface area contributed by atoms with Crippen LogP contribution in [0.25, 0.3) is 0 Å². The Morgan fingerprint density at radius 3 is 2.91 bits per heavy atom. The van der Waals surface area contributed by atoms with Gasteiger partial charge in [-0.3, -0.25) is 4.99 Å². The first-order chi connectivity index (χ1) is 10.3. The number of guanidine groups is 1. The lowest BCUT2D eigenvalue weighted by atomic mass is 9.96. The topological polar surface area (TPSA) is 59.6 Å². The van der Waals surface area contributed by atoms with Crippen LogP contribution in [0.5, 0.6) is 5.75 Å². The quantitative estimate of drug-likeness (QED) is 0.452. The highest BCUT2D eigenvalue weighted by Gasteiger charge is 2.13. The highest BCUT2D eigenvalue weighted by atomic mass is 127. The molecule has 122 valence electrons. The van der Waals surface area contributed by atoms with E-state index in [0.717, 1.165) is 31.7 Å². The summed E-state index contributed by atoms with van der Waals surface area (Å²) in [6.45, 7) is 1.56. The molecule has 0 saturated heterocycles. The molecule has 1 aliphatic heterocycles. The summed E-state index contributed by atoms with van der Waals surface area (Å²) < 4.78 is 5.52. The monoisotopic (exact) mass is 415 g/mol. The van der Waals surface area contributed by atoms with Gasteiger partial charge in [-0.2, -0.15) is 0 Å². The zero-order chi connectivity index (χ0) is 14.5. The second kappa shape index (κ2) is 8.60. The van der Waals surface area contributed by atoms with Crippen LogP contribution in [0.15, 0.2) is 23.2 Å². The molecule has 0 atom stereocenters. The van der Waals surface area contributed by atoms with Crippen molar-refractivity contribution in [2.75, 3.05) is 13.2 Å². The molecule has 1 aliphatic carbocycles. The van der Waals surface area contributed by atoms with E-state index in [2.05, 4.69) is 28.5 Å². The van der Waals surface area contributed by atoms with E-state index in [-0.39, 0.29) is 24.0 Å². The molecule has 0 radical (unpaired) electrons. The van der Waals surface area contributed by atoms with Gasteiger partial charge in [0.15, 0.2) is 5.96 Å². The molecule has 1 aromatic rings. The van der Waals surface area contributed by atoms with Gasteiger partial charge in [0.1, 0.15) is 5.75 Å². The molecule has 4 nitrogen and oxygen atoms in total. The number of hydrogen-bond acceptors (Lipinski definition) is 2. The fourth-order valence-electron chi connectivity index (χ4n) is 3.20. The first kappa shape index (κ1) is 17.4. The van der Waals surface area contributed by atoms with E-state index in [9.17, 15) is 0 Å². The number of nitrogens with zero attached hydrogens (tertiary/aromatic N) is 1. The van der Waals surface area contributed by atoms with Crippen molar-refractivity contribution < 1.29 is 4.74 Å². The number of rotatable bonds is 4. The Morgan fingerprint density at radius 2 is 2.09 bits per heavy atom. The molecule has 1 saturated carbocycles. The number of hydrogen-bond donors (Lipinski definition) is 2. The van der Waals surface area contributed by atoms with Crippen LogP contribution in [0, 0.1) is 0 Å². The molecule has 0 spiro atoms. The predicted octanol–water partition coefficient (Wildman–Crippen LogP) is 3.02. The summed E-state index contributed by atoms with van der Waals surface area (Å²) in [7, 11) is 0. The molecule has 22 heavy (non-hydrogen) atoms. The average molecular weight is 415 g/mol. The smallest absolute Gasteiger partial charge is 0.188 e. The lowest BCUT2D eigenvalue weighted by Gasteiger charge is -2.23. The van der Waals surface area contributed by atoms with Crippen molar-refractivity contribution in [3.05, 3.63) is 29.3 Å². The van der Waals surface area contributed by atoms with Crippen molar-refractivity contribution in [2.24, 2.45) is 10.7 Å². The molecule has 0 unspecified atom stereocenters. The van der Waals surface area contributed by atoms with E-state index in [0.29, 0.717) is 12.0 Å². The van der Waals surface area contributed by atoms with E-state index in [1.54, 1.807) is 0 Å². The maximum Gasteiger partial charge on any atom is 0.188 e. The van der Waals surface area contributed by atoms with E-state index < -0.39 is 0 Å². The maximum absolute atomic E-state index is 5.98. The van der Waals surface area contributed by atoms with Gasteiger partial charge < -0.3 is 15.8 Å². The maximum atomic E-state index is 5.98. The summed E-state index contributed by atoms with van der Waals surface area (Å²) in [5.74, 6) is 1.65. The lowest BCUT2D eigenvalue weighted by Crippen LogP contribution is -2.41. The third-order valence-electron chi connectivity index (χ3n) is 4.39. The molecule has 0 aromatic heterocycles. The van der Waals surface area contributed by atoms with Crippen LogP contribution in [0.4, 0.5) is 0 Å². The Bertz CT molecular complexity index is 513. The largest absolute Gasteiger partial charge is 0.493 e. The number of nitrogens with one attached hydrogen (secondary N) is 1. The third kappa shape index (κ3) is 4.76. The molecule has 1 fully saturated rings. The van der Waals surface area contributed by atoms with E-state index in [1.807, 2.05) is 0 Å². The molecule has 0 amide bonds. The first-order valence-electron chi connectivity index (χ1n) is 8.12. The van der Waals surface area contributed by atoms with E-state index >= 15 is 0 Å². The van der Waals surface area contributed by atoms with E-state index in [4.69, 9.17) is 10.5 Å². The standard InChI is InChI=1S/C17H25N3O.HI/c18-17(20-15-4-2-1-3-5-15)19-10-8-13-6-7-16-14(12-13)9-11-21-16;/h6-7,12,15H,1-5,8-11H2,(H3,18,19,20);1H. The number of halogens is 1. The molecule has 3 rings (SSSR count). The van der Waals surface area contributed by atoms with Crippen molar-refractivity contribution in [2.45, 2.75) is 51.0 Å². The Kier molecular flexibility index (Phi) is 6.79. The zero-order valence-electron chi connectivity index (χ0n) is 13.0. The van der Waals surface area contributed by atoms with E-state index in [1.165, 1.54) is 43.2 Å². The van der Waals surface area contributed by atoms with Crippen molar-refractivity contribution in [1.29, 1.82) is 0 Å². The van der Waals surface area contributed by atoms with Gasteiger partial charge in [-0.15, -0.1) is 24.0 Å². The summed E-state index contributed by atoms with van der Waals surface area (Å²) in [5, 5.41) is 3.35. The van der Waals surface area contributed by atoms with Crippen molar-refractivity contribution in [3.63, 3.8) is 0 Å². The van der Waals surface area contributed by atoms with Crippen LogP contribution in [0.2, 0.25) is 0 Å². The molecule has 5 heteroatoms. The summed E-state index contributed by atoms with van der Waals surface area (Å²) in [4.78, 5) is 4.46. The third-order valence-corrected chi connectivity index (χ3v) is 4.39. The second-order valence-electron chi connectivity index (χ2n) is 6.04. The SMILES string of the molecule is I.NC(=NCCc1ccc2c(c1)CCO2)NC1CCCCC1. The van der Waals surface area contributed by atoms with Crippen molar-refractivity contribution in [3.8, 4) is 5.75 Å². The minimum atomic E-state index is 0. The molecule has 1 aromatic carbocycles. The minimum absolute atomic E-state index is 0. The van der Waals surface area contributed by atoms with Gasteiger partial charge in [0.05, 0.1) is 6.61 Å². The van der Waals surface area contributed by atoms with Gasteiger partial charge in [-0.25, -0.2) is 0 Å². The number of nitrogens with two attached hydrogens (primary N) is 1. The van der Waals surface area contributed by atoms with Gasteiger partial charge in [-0.1, -0.05) is 31.4 Å². The minimum Gasteiger partial charge on any atom is -0.493 e. The number of ether oxygens (including phenoxy) is 1. The van der Waals surface area contributed by atoms with Crippen LogP contribution in [0.1, 0.15) is 43.2 Å². The van der Waals surface area contributed by atoms with Gasteiger partial charge in [0.2, 0.25) is 0 Å². The fraction of sp³-hybridized carbons (Fsp3) is 0.588. The van der Waals surface area contributed by atoms with Crippen LogP contribution < -0.4 is 15.8 Å². The summed E-state index contributed by atoms with van der Waals surface area (Å²) in [6.07, 6.45) is 8.38. The molecular formula is C17H26IN3O. The molecule has 1 heterocycles. The van der Waals surface area contributed by atoms with Gasteiger partial charge >= 0.3 is 0 Å². The Balaban J connectivity index is 0.00000176. The van der Waals surface area contributed by atoms with Gasteiger partial charge in [-0.05, 0) is 36.5 Å². The molecular weight excluding hydrogens is 389 g/mol. The summed E-state index contributed by atoms with van der Waals surface area (Å²) in [6, 6.07) is 6.97. The first-order valence-corrected chi connectivity index (χ1v) is 8.12. The molecule has 0 bridgehead atoms. The van der Waals surface area contributed by atoms with Crippen LogP contribution in [0.3, 0.4) is 0 Å². The van der Waals surface area contributed by atoms with Crippen LogP contribution >= 0.6 is 24.0 Å². The fourth-order valence-corrected chi connectivity index (χ4v) is 3.20. The average Bonchev–Trinajstić information content (AvgIpc) is 2.96. The van der Waals surface area contributed by atoms with Crippen molar-refractivity contribution >= 4 is 29.9 Å². The van der Waals surface area contributed by atoms with Crippen LogP contribution in [-0.2, 0) is 12.8 Å². The second-order valence-corrected chi connectivity index (χ2v) is 6.04. The number of benzene rings is 1. The Morgan fingerprint density at radius 1 is 1.27 bits per heavy atom.